The Morgan fingerprint density at radius 1 is 1.14 bits per heavy atom. The van der Waals surface area contributed by atoms with Gasteiger partial charge < -0.3 is 5.32 Å². The van der Waals surface area contributed by atoms with Crippen molar-refractivity contribution >= 4 is 17.5 Å². The molecule has 1 aromatic carbocycles. The number of rotatable bonds is 5. The molecule has 122 valence electrons. The van der Waals surface area contributed by atoms with E-state index < -0.39 is 0 Å². The number of hydrogen-bond acceptors (Lipinski definition) is 3. The zero-order valence-electron chi connectivity index (χ0n) is 14.1. The van der Waals surface area contributed by atoms with Crippen LogP contribution >= 0.6 is 0 Å². The number of anilines is 1. The highest BCUT2D eigenvalue weighted by Crippen LogP contribution is 2.24. The molecule has 0 radical (unpaired) electrons. The van der Waals surface area contributed by atoms with E-state index in [0.29, 0.717) is 18.8 Å². The van der Waals surface area contributed by atoms with Gasteiger partial charge in [-0.2, -0.15) is 0 Å². The molecule has 1 aliphatic heterocycles. The lowest BCUT2D eigenvalue weighted by Crippen LogP contribution is -2.47. The number of piperidine rings is 1. The summed E-state index contributed by atoms with van der Waals surface area (Å²) in [4.78, 5) is 22.8. The molecule has 4 heteroatoms. The number of carbonyl (C=O) groups excluding carboxylic acids is 2. The van der Waals surface area contributed by atoms with Crippen molar-refractivity contribution in [3.8, 4) is 0 Å². The maximum absolute atomic E-state index is 11.7. The Morgan fingerprint density at radius 3 is 2.23 bits per heavy atom. The number of nitrogens with one attached hydrogen (secondary N) is 2. The summed E-state index contributed by atoms with van der Waals surface area (Å²) in [6.07, 6.45) is 3.22. The quantitative estimate of drug-likeness (QED) is 0.813. The van der Waals surface area contributed by atoms with Gasteiger partial charge in [-0.1, -0.05) is 39.8 Å². The normalized spacial score (nSPS) is 17.6. The Bertz CT molecular complexity index is 478. The molecule has 1 saturated heterocycles. The molecule has 1 heterocycles. The van der Waals surface area contributed by atoms with Crippen LogP contribution in [0.5, 0.6) is 0 Å². The van der Waals surface area contributed by atoms with Gasteiger partial charge in [-0.05, 0) is 42.9 Å². The third-order valence-corrected chi connectivity index (χ3v) is 3.95. The average Bonchev–Trinajstić information content (AvgIpc) is 2.55. The molecule has 4 nitrogen and oxygen atoms in total. The van der Waals surface area contributed by atoms with E-state index in [1.54, 1.807) is 0 Å². The van der Waals surface area contributed by atoms with Crippen molar-refractivity contribution in [2.75, 3.05) is 5.32 Å². The molecule has 1 atom stereocenters. The number of hydrogen-bond donors (Lipinski definition) is 2. The van der Waals surface area contributed by atoms with E-state index in [9.17, 15) is 9.59 Å². The molecule has 0 spiro atoms. The SMILES string of the molecule is CC.CCC(CC)c1ccc(NC2CCC(=O)NC2=O)cc1. The van der Waals surface area contributed by atoms with E-state index in [2.05, 4.69) is 36.6 Å². The summed E-state index contributed by atoms with van der Waals surface area (Å²) in [7, 11) is 0. The van der Waals surface area contributed by atoms with Gasteiger partial charge in [0.05, 0.1) is 0 Å². The van der Waals surface area contributed by atoms with E-state index in [4.69, 9.17) is 0 Å². The molecule has 1 fully saturated rings. The molecule has 0 saturated carbocycles. The molecule has 22 heavy (non-hydrogen) atoms. The summed E-state index contributed by atoms with van der Waals surface area (Å²) in [5, 5.41) is 5.55. The van der Waals surface area contributed by atoms with Crippen molar-refractivity contribution in [2.45, 2.75) is 65.3 Å². The summed E-state index contributed by atoms with van der Waals surface area (Å²) in [5.74, 6) is 0.183. The predicted octanol–water partition coefficient (Wildman–Crippen LogP) is 3.83. The molecule has 2 amide bonds. The number of carbonyl (C=O) groups is 2. The van der Waals surface area contributed by atoms with Gasteiger partial charge in [0, 0.05) is 12.1 Å². The van der Waals surface area contributed by atoms with Crippen LogP contribution in [0.1, 0.15) is 64.9 Å². The topological polar surface area (TPSA) is 58.2 Å². The van der Waals surface area contributed by atoms with Crippen molar-refractivity contribution in [2.24, 2.45) is 0 Å². The summed E-state index contributed by atoms with van der Waals surface area (Å²) in [5.41, 5.74) is 2.26. The maximum atomic E-state index is 11.7. The molecule has 1 unspecified atom stereocenters. The van der Waals surface area contributed by atoms with Crippen molar-refractivity contribution in [3.05, 3.63) is 29.8 Å². The van der Waals surface area contributed by atoms with Gasteiger partial charge in [-0.15, -0.1) is 0 Å². The van der Waals surface area contributed by atoms with Crippen LogP contribution in [0.3, 0.4) is 0 Å². The smallest absolute Gasteiger partial charge is 0.249 e. The van der Waals surface area contributed by atoms with E-state index in [-0.39, 0.29) is 17.9 Å². The Morgan fingerprint density at radius 2 is 1.73 bits per heavy atom. The molecule has 2 rings (SSSR count). The van der Waals surface area contributed by atoms with Crippen LogP contribution in [0.25, 0.3) is 0 Å². The molecule has 0 aromatic heterocycles. The number of benzene rings is 1. The predicted molar refractivity (Wildman–Crippen MR) is 90.9 cm³/mol. The van der Waals surface area contributed by atoms with Crippen molar-refractivity contribution in [1.29, 1.82) is 0 Å². The Labute approximate surface area is 133 Å². The first-order valence-electron chi connectivity index (χ1n) is 8.34. The first kappa shape index (κ1) is 18.2. The van der Waals surface area contributed by atoms with Crippen LogP contribution in [0, 0.1) is 0 Å². The zero-order chi connectivity index (χ0) is 16.5. The van der Waals surface area contributed by atoms with Gasteiger partial charge in [0.25, 0.3) is 0 Å². The minimum atomic E-state index is -0.313. The minimum absolute atomic E-state index is 0.183. The molecule has 1 aromatic rings. The Hall–Kier alpha value is -1.84. The van der Waals surface area contributed by atoms with Crippen LogP contribution < -0.4 is 10.6 Å². The summed E-state index contributed by atoms with van der Waals surface area (Å²) in [6.45, 7) is 8.40. The fraction of sp³-hybridized carbons (Fsp3) is 0.556. The second-order valence-electron chi connectivity index (χ2n) is 5.28. The number of amides is 2. The van der Waals surface area contributed by atoms with E-state index >= 15 is 0 Å². The number of imide groups is 1. The fourth-order valence-electron chi connectivity index (χ4n) is 2.64. The molecule has 1 aliphatic rings. The van der Waals surface area contributed by atoms with Gasteiger partial charge >= 0.3 is 0 Å². The Kier molecular flexibility index (Phi) is 7.64. The van der Waals surface area contributed by atoms with Crippen molar-refractivity contribution in [3.63, 3.8) is 0 Å². The van der Waals surface area contributed by atoms with Gasteiger partial charge in [0.1, 0.15) is 6.04 Å². The lowest BCUT2D eigenvalue weighted by atomic mass is 9.94. The summed E-state index contributed by atoms with van der Waals surface area (Å²) in [6, 6.07) is 7.94. The maximum Gasteiger partial charge on any atom is 0.249 e. The van der Waals surface area contributed by atoms with E-state index in [1.807, 2.05) is 26.0 Å². The van der Waals surface area contributed by atoms with Crippen LogP contribution in [-0.2, 0) is 9.59 Å². The van der Waals surface area contributed by atoms with Gasteiger partial charge in [-0.3, -0.25) is 14.9 Å². The molecule has 0 aliphatic carbocycles. The monoisotopic (exact) mass is 304 g/mol. The van der Waals surface area contributed by atoms with Crippen LogP contribution in [0.4, 0.5) is 5.69 Å². The summed E-state index contributed by atoms with van der Waals surface area (Å²) < 4.78 is 0. The lowest BCUT2D eigenvalue weighted by Gasteiger charge is -2.23. The molecule has 2 N–H and O–H groups in total. The van der Waals surface area contributed by atoms with E-state index in [0.717, 1.165) is 18.5 Å². The van der Waals surface area contributed by atoms with Crippen LogP contribution in [0.2, 0.25) is 0 Å². The largest absolute Gasteiger partial charge is 0.374 e. The van der Waals surface area contributed by atoms with E-state index in [1.165, 1.54) is 5.56 Å². The van der Waals surface area contributed by atoms with Crippen LogP contribution in [0.15, 0.2) is 24.3 Å². The van der Waals surface area contributed by atoms with Crippen molar-refractivity contribution < 1.29 is 9.59 Å². The lowest BCUT2D eigenvalue weighted by molar-refractivity contribution is -0.133. The average molecular weight is 304 g/mol. The highest BCUT2D eigenvalue weighted by Gasteiger charge is 2.26. The van der Waals surface area contributed by atoms with Gasteiger partial charge in [0.15, 0.2) is 0 Å². The summed E-state index contributed by atoms with van der Waals surface area (Å²) >= 11 is 0. The van der Waals surface area contributed by atoms with Gasteiger partial charge in [-0.25, -0.2) is 0 Å². The molecule has 0 bridgehead atoms. The zero-order valence-corrected chi connectivity index (χ0v) is 14.1. The highest BCUT2D eigenvalue weighted by molar-refractivity contribution is 6.01. The third kappa shape index (κ3) is 4.86. The molecular weight excluding hydrogens is 276 g/mol. The van der Waals surface area contributed by atoms with Crippen LogP contribution in [-0.4, -0.2) is 17.9 Å². The first-order valence-corrected chi connectivity index (χ1v) is 8.34. The highest BCUT2D eigenvalue weighted by atomic mass is 16.2. The minimum Gasteiger partial charge on any atom is -0.374 e. The fourth-order valence-corrected chi connectivity index (χ4v) is 2.64. The first-order chi connectivity index (χ1) is 10.6. The molecular formula is C18H28N2O2. The van der Waals surface area contributed by atoms with Crippen molar-refractivity contribution in [1.82, 2.24) is 5.32 Å². The van der Waals surface area contributed by atoms with Gasteiger partial charge in [0.2, 0.25) is 11.8 Å². The Balaban J connectivity index is 0.00000116. The third-order valence-electron chi connectivity index (χ3n) is 3.95. The second kappa shape index (κ2) is 9.23. The standard InChI is InChI=1S/C16H22N2O2.C2H6/c1-3-11(4-2)12-5-7-13(8-6-12)17-14-9-10-15(19)18-16(14)20;1-2/h5-8,11,14,17H,3-4,9-10H2,1-2H3,(H,18,19,20);1-2H3. The second-order valence-corrected chi connectivity index (χ2v) is 5.28.